The Morgan fingerprint density at radius 2 is 1.94 bits per heavy atom. The van der Waals surface area contributed by atoms with Crippen LogP contribution in [0.1, 0.15) is 21.3 Å². The maximum Gasteiger partial charge on any atom is 0.290 e. The first-order chi connectivity index (χ1) is 17.0. The summed E-state index contributed by atoms with van der Waals surface area (Å²) >= 11 is 1.25. The number of ether oxygens (including phenoxy) is 5. The number of aliphatic hydroxyl groups is 1. The van der Waals surface area contributed by atoms with Crippen molar-refractivity contribution in [2.45, 2.75) is 6.04 Å². The van der Waals surface area contributed by atoms with Crippen LogP contribution in [0.4, 0.5) is 0 Å². The minimum atomic E-state index is -0.906. The summed E-state index contributed by atoms with van der Waals surface area (Å²) in [7, 11) is 2.97. The van der Waals surface area contributed by atoms with Gasteiger partial charge in [0.2, 0.25) is 24.1 Å². The molecule has 0 unspecified atom stereocenters. The molecule has 10 nitrogen and oxygen atoms in total. The number of benzene rings is 1. The molecule has 4 heterocycles. The average Bonchev–Trinajstić information content (AvgIpc) is 3.63. The lowest BCUT2D eigenvalue weighted by molar-refractivity contribution is -0.129. The molecule has 1 aromatic carbocycles. The molecule has 1 N–H and O–H groups in total. The zero-order chi connectivity index (χ0) is 24.5. The van der Waals surface area contributed by atoms with Gasteiger partial charge >= 0.3 is 0 Å². The fourth-order valence-electron chi connectivity index (χ4n) is 4.65. The monoisotopic (exact) mass is 502 g/mol. The number of amides is 1. The predicted octanol–water partition coefficient (Wildman–Crippen LogP) is 2.40. The topological polar surface area (TPSA) is 107 Å². The van der Waals surface area contributed by atoms with E-state index in [0.717, 1.165) is 13.1 Å². The SMILES string of the molecule is COc1cc([C@@H]2C(C(=O)c3cccs3)=C(O)C(=O)N2CCN2CCOCC2)c(OC)c2c1OCO2. The van der Waals surface area contributed by atoms with E-state index in [1.54, 1.807) is 23.6 Å². The third kappa shape index (κ3) is 4.09. The van der Waals surface area contributed by atoms with Crippen LogP contribution < -0.4 is 18.9 Å². The van der Waals surface area contributed by atoms with Gasteiger partial charge in [-0.1, -0.05) is 6.07 Å². The summed E-state index contributed by atoms with van der Waals surface area (Å²) < 4.78 is 27.9. The van der Waals surface area contributed by atoms with Crippen LogP contribution >= 0.6 is 11.3 Å². The molecule has 2 aromatic rings. The highest BCUT2D eigenvalue weighted by Gasteiger charge is 2.46. The Morgan fingerprint density at radius 1 is 1.17 bits per heavy atom. The molecule has 5 rings (SSSR count). The zero-order valence-corrected chi connectivity index (χ0v) is 20.3. The molecule has 0 aliphatic carbocycles. The van der Waals surface area contributed by atoms with Crippen LogP contribution in [-0.2, 0) is 9.53 Å². The second-order valence-electron chi connectivity index (χ2n) is 8.19. The van der Waals surface area contributed by atoms with Crippen molar-refractivity contribution in [1.29, 1.82) is 0 Å². The van der Waals surface area contributed by atoms with Crippen molar-refractivity contribution in [2.24, 2.45) is 0 Å². The number of fused-ring (bicyclic) bond motifs is 1. The van der Waals surface area contributed by atoms with E-state index in [2.05, 4.69) is 4.90 Å². The average molecular weight is 503 g/mol. The zero-order valence-electron chi connectivity index (χ0n) is 19.4. The summed E-state index contributed by atoms with van der Waals surface area (Å²) in [6, 6.07) is 4.19. The first-order valence-corrected chi connectivity index (χ1v) is 12.1. The van der Waals surface area contributed by atoms with E-state index in [-0.39, 0.29) is 18.9 Å². The first-order valence-electron chi connectivity index (χ1n) is 11.2. The van der Waals surface area contributed by atoms with E-state index in [9.17, 15) is 14.7 Å². The van der Waals surface area contributed by atoms with Crippen molar-refractivity contribution in [1.82, 2.24) is 9.80 Å². The normalized spacial score (nSPS) is 20.0. The van der Waals surface area contributed by atoms with Crippen molar-refractivity contribution in [2.75, 3.05) is 60.4 Å². The molecule has 35 heavy (non-hydrogen) atoms. The highest BCUT2D eigenvalue weighted by Crippen LogP contribution is 2.54. The molecule has 11 heteroatoms. The molecule has 0 bridgehead atoms. The molecule has 186 valence electrons. The number of methoxy groups -OCH3 is 2. The number of nitrogens with zero attached hydrogens (tertiary/aromatic N) is 2. The summed E-state index contributed by atoms with van der Waals surface area (Å²) in [6.45, 7) is 3.56. The number of Topliss-reactive ketones (excluding diaryl/α,β-unsaturated/α-hetero) is 1. The number of carbonyl (C=O) groups is 2. The number of hydrogen-bond donors (Lipinski definition) is 1. The van der Waals surface area contributed by atoms with Crippen molar-refractivity contribution in [3.05, 3.63) is 45.4 Å². The molecule has 1 aromatic heterocycles. The Kier molecular flexibility index (Phi) is 6.54. The molecule has 0 saturated carbocycles. The van der Waals surface area contributed by atoms with Gasteiger partial charge in [-0.05, 0) is 17.5 Å². The Morgan fingerprint density at radius 3 is 2.63 bits per heavy atom. The highest BCUT2D eigenvalue weighted by atomic mass is 32.1. The Balaban J connectivity index is 1.60. The molecule has 1 amide bonds. The Hall–Kier alpha value is -3.28. The van der Waals surface area contributed by atoms with Gasteiger partial charge < -0.3 is 33.7 Å². The molecule has 3 aliphatic heterocycles. The van der Waals surface area contributed by atoms with E-state index >= 15 is 0 Å². The summed E-state index contributed by atoms with van der Waals surface area (Å²) in [4.78, 5) is 31.0. The summed E-state index contributed by atoms with van der Waals surface area (Å²) in [5, 5.41) is 12.7. The maximum absolute atomic E-state index is 13.5. The molecule has 0 radical (unpaired) electrons. The molecular formula is C24H26N2O8S. The first kappa shape index (κ1) is 23.5. The van der Waals surface area contributed by atoms with Crippen molar-refractivity contribution < 1.29 is 38.4 Å². The van der Waals surface area contributed by atoms with Crippen molar-refractivity contribution in [3.8, 4) is 23.0 Å². The Labute approximate surface area is 206 Å². The minimum absolute atomic E-state index is 0.00125. The van der Waals surface area contributed by atoms with Crippen molar-refractivity contribution in [3.63, 3.8) is 0 Å². The Bertz CT molecular complexity index is 1160. The van der Waals surface area contributed by atoms with Crippen LogP contribution in [0, 0.1) is 0 Å². The molecule has 3 aliphatic rings. The number of ketones is 1. The molecule has 0 spiro atoms. The smallest absolute Gasteiger partial charge is 0.290 e. The van der Waals surface area contributed by atoms with Gasteiger partial charge in [0.1, 0.15) is 0 Å². The maximum atomic E-state index is 13.5. The minimum Gasteiger partial charge on any atom is -0.503 e. The lowest BCUT2D eigenvalue weighted by Gasteiger charge is -2.32. The van der Waals surface area contributed by atoms with Gasteiger partial charge in [-0.25, -0.2) is 0 Å². The number of hydrogen-bond acceptors (Lipinski definition) is 10. The van der Waals surface area contributed by atoms with E-state index < -0.39 is 23.5 Å². The van der Waals surface area contributed by atoms with E-state index in [4.69, 9.17) is 23.7 Å². The number of thiophene rings is 1. The van der Waals surface area contributed by atoms with Gasteiger partial charge in [-0.2, -0.15) is 0 Å². The lowest BCUT2D eigenvalue weighted by Crippen LogP contribution is -2.43. The van der Waals surface area contributed by atoms with Gasteiger partial charge in [-0.15, -0.1) is 11.3 Å². The third-order valence-corrected chi connectivity index (χ3v) is 7.23. The quantitative estimate of drug-likeness (QED) is 0.545. The van der Waals surface area contributed by atoms with Gasteiger partial charge in [-0.3, -0.25) is 14.5 Å². The highest BCUT2D eigenvalue weighted by molar-refractivity contribution is 7.12. The second-order valence-corrected chi connectivity index (χ2v) is 9.14. The summed E-state index contributed by atoms with van der Waals surface area (Å²) in [5.41, 5.74) is 0.464. The molecular weight excluding hydrogens is 476 g/mol. The summed E-state index contributed by atoms with van der Waals surface area (Å²) in [6.07, 6.45) is 0. The van der Waals surface area contributed by atoms with E-state index in [1.165, 1.54) is 30.5 Å². The lowest BCUT2D eigenvalue weighted by atomic mass is 9.93. The second kappa shape index (κ2) is 9.76. The largest absolute Gasteiger partial charge is 0.503 e. The predicted molar refractivity (Wildman–Crippen MR) is 126 cm³/mol. The number of morpholine rings is 1. The van der Waals surface area contributed by atoms with Crippen LogP contribution in [0.2, 0.25) is 0 Å². The van der Waals surface area contributed by atoms with Gasteiger partial charge in [0, 0.05) is 31.7 Å². The van der Waals surface area contributed by atoms with Crippen LogP contribution in [-0.4, -0.2) is 87.0 Å². The van der Waals surface area contributed by atoms with Crippen molar-refractivity contribution >= 4 is 23.0 Å². The third-order valence-electron chi connectivity index (χ3n) is 6.36. The van der Waals surface area contributed by atoms with Gasteiger partial charge in [0.25, 0.3) is 5.91 Å². The number of rotatable bonds is 8. The molecule has 1 saturated heterocycles. The standard InChI is InChI=1S/C24H26N2O8S/c1-30-15-12-14(21(31-2)23-22(15)33-13-34-23)18-17(19(27)16-4-3-11-35-16)20(28)24(29)26(18)6-5-25-7-9-32-10-8-25/h3-4,11-12,18,28H,5-10,13H2,1-2H3/t18-/m1/s1. The fraction of sp³-hybridized carbons (Fsp3) is 0.417. The number of carbonyl (C=O) groups excluding carboxylic acids is 2. The van der Waals surface area contributed by atoms with Gasteiger partial charge in [0.15, 0.2) is 17.3 Å². The van der Waals surface area contributed by atoms with Crippen LogP contribution in [0.15, 0.2) is 34.9 Å². The van der Waals surface area contributed by atoms with Crippen LogP contribution in [0.25, 0.3) is 0 Å². The van der Waals surface area contributed by atoms with Crippen LogP contribution in [0.3, 0.4) is 0 Å². The van der Waals surface area contributed by atoms with E-state index in [1.807, 2.05) is 0 Å². The molecule has 1 atom stereocenters. The van der Waals surface area contributed by atoms with E-state index in [0.29, 0.717) is 53.2 Å². The fourth-order valence-corrected chi connectivity index (χ4v) is 5.33. The molecule has 1 fully saturated rings. The van der Waals surface area contributed by atoms with Crippen LogP contribution in [0.5, 0.6) is 23.0 Å². The number of aliphatic hydroxyl groups excluding tert-OH is 1. The summed E-state index contributed by atoms with van der Waals surface area (Å²) in [5.74, 6) is -0.172. The van der Waals surface area contributed by atoms with Gasteiger partial charge in [0.05, 0.1) is 43.9 Å².